The van der Waals surface area contributed by atoms with E-state index in [4.69, 9.17) is 9.15 Å². The van der Waals surface area contributed by atoms with Crippen LogP contribution in [0.4, 0.5) is 0 Å². The van der Waals surface area contributed by atoms with Gasteiger partial charge in [-0.2, -0.15) is 0 Å². The number of ether oxygens (including phenoxy) is 1. The third kappa shape index (κ3) is 1.47. The zero-order valence-corrected chi connectivity index (χ0v) is 11.2. The maximum Gasteiger partial charge on any atom is 0.340 e. The fourth-order valence-corrected chi connectivity index (χ4v) is 2.83. The van der Waals surface area contributed by atoms with Crippen LogP contribution in [-0.4, -0.2) is 17.6 Å². The van der Waals surface area contributed by atoms with Crippen LogP contribution in [0.3, 0.4) is 0 Å². The molecular formula is C14H15NO4. The quantitative estimate of drug-likeness (QED) is 0.736. The molecule has 0 unspecified atom stereocenters. The third-order valence-corrected chi connectivity index (χ3v) is 3.87. The molecule has 100 valence electrons. The van der Waals surface area contributed by atoms with Gasteiger partial charge in [-0.1, -0.05) is 0 Å². The first kappa shape index (κ1) is 12.0. The summed E-state index contributed by atoms with van der Waals surface area (Å²) in [5.74, 6) is 0.265. The lowest BCUT2D eigenvalue weighted by atomic mass is 10.0. The van der Waals surface area contributed by atoms with Crippen molar-refractivity contribution in [2.75, 3.05) is 7.11 Å². The Hall–Kier alpha value is -2.04. The Morgan fingerprint density at radius 3 is 2.79 bits per heavy atom. The molecular weight excluding hydrogens is 246 g/mol. The van der Waals surface area contributed by atoms with Gasteiger partial charge >= 0.3 is 5.97 Å². The van der Waals surface area contributed by atoms with Crippen LogP contribution in [0.1, 0.15) is 33.8 Å². The van der Waals surface area contributed by atoms with Crippen molar-refractivity contribution in [3.63, 3.8) is 0 Å². The molecule has 0 amide bonds. The highest BCUT2D eigenvalue weighted by molar-refractivity contribution is 6.05. The molecule has 5 nitrogen and oxygen atoms in total. The number of furan rings is 1. The van der Waals surface area contributed by atoms with Gasteiger partial charge in [0.05, 0.1) is 12.7 Å². The molecule has 3 heterocycles. The van der Waals surface area contributed by atoms with Gasteiger partial charge in [-0.15, -0.1) is 0 Å². The normalized spacial score (nSPS) is 13.8. The monoisotopic (exact) mass is 261 g/mol. The first-order valence-electron chi connectivity index (χ1n) is 6.30. The number of esters is 1. The van der Waals surface area contributed by atoms with Crippen molar-refractivity contribution in [3.05, 3.63) is 32.9 Å². The predicted molar refractivity (Wildman–Crippen MR) is 69.6 cm³/mol. The maximum absolute atomic E-state index is 12.4. The number of carbonyl (C=O) groups excluding carboxylic acids is 1. The minimum Gasteiger partial charge on any atom is -0.465 e. The number of hydrogen-bond donors (Lipinski definition) is 0. The van der Waals surface area contributed by atoms with Crippen LogP contribution >= 0.6 is 0 Å². The third-order valence-electron chi connectivity index (χ3n) is 3.87. The number of aromatic nitrogens is 1. The Morgan fingerprint density at radius 2 is 2.11 bits per heavy atom. The Bertz CT molecular complexity index is 751. The smallest absolute Gasteiger partial charge is 0.340 e. The highest BCUT2D eigenvalue weighted by Crippen LogP contribution is 2.30. The molecule has 3 rings (SSSR count). The second-order valence-corrected chi connectivity index (χ2v) is 4.86. The minimum absolute atomic E-state index is 0.147. The summed E-state index contributed by atoms with van der Waals surface area (Å²) in [6.07, 6.45) is 1.59. The summed E-state index contributed by atoms with van der Waals surface area (Å²) in [4.78, 5) is 24.4. The van der Waals surface area contributed by atoms with Crippen LogP contribution in [0.5, 0.6) is 0 Å². The highest BCUT2D eigenvalue weighted by atomic mass is 16.5. The van der Waals surface area contributed by atoms with Crippen LogP contribution in [0.15, 0.2) is 9.21 Å². The van der Waals surface area contributed by atoms with Crippen LogP contribution in [-0.2, 0) is 17.7 Å². The molecule has 0 spiro atoms. The Balaban J connectivity index is 2.54. The lowest BCUT2D eigenvalue weighted by Crippen LogP contribution is -2.22. The fraction of sp³-hybridized carbons (Fsp3) is 0.429. The summed E-state index contributed by atoms with van der Waals surface area (Å²) >= 11 is 0. The first-order valence-corrected chi connectivity index (χ1v) is 6.30. The number of pyridine rings is 1. The van der Waals surface area contributed by atoms with Crippen LogP contribution in [0.25, 0.3) is 11.0 Å². The van der Waals surface area contributed by atoms with Crippen molar-refractivity contribution in [2.24, 2.45) is 0 Å². The van der Waals surface area contributed by atoms with Gasteiger partial charge in [0, 0.05) is 17.6 Å². The van der Waals surface area contributed by atoms with Crippen molar-refractivity contribution < 1.29 is 13.9 Å². The standard InChI is InChI=1S/C14H15NO4/c1-7-8(2)19-12-10(7)11(14(17)18-3)9-5-4-6-15(9)13(12)16/h4-6H2,1-3H3. The number of nitrogens with zero attached hydrogens (tertiary/aromatic N) is 1. The summed E-state index contributed by atoms with van der Waals surface area (Å²) in [6.45, 7) is 4.29. The molecule has 1 aliphatic heterocycles. The minimum atomic E-state index is -0.403. The topological polar surface area (TPSA) is 61.4 Å². The van der Waals surface area contributed by atoms with E-state index in [1.54, 1.807) is 11.5 Å². The first-order chi connectivity index (χ1) is 9.06. The molecule has 0 atom stereocenters. The highest BCUT2D eigenvalue weighted by Gasteiger charge is 2.28. The summed E-state index contributed by atoms with van der Waals surface area (Å²) in [7, 11) is 1.35. The summed E-state index contributed by atoms with van der Waals surface area (Å²) in [5.41, 5.74) is 2.22. The molecule has 0 bridgehead atoms. The lowest BCUT2D eigenvalue weighted by Gasteiger charge is -2.09. The molecule has 0 aliphatic carbocycles. The van der Waals surface area contributed by atoms with Crippen LogP contribution < -0.4 is 5.56 Å². The molecule has 1 aliphatic rings. The van der Waals surface area contributed by atoms with E-state index in [2.05, 4.69) is 0 Å². The number of rotatable bonds is 1. The molecule has 0 fully saturated rings. The maximum atomic E-state index is 12.4. The van der Waals surface area contributed by atoms with Gasteiger partial charge in [0.25, 0.3) is 5.56 Å². The number of carbonyl (C=O) groups is 1. The van der Waals surface area contributed by atoms with E-state index in [-0.39, 0.29) is 11.1 Å². The molecule has 0 saturated carbocycles. The average Bonchev–Trinajstić information content (AvgIpc) is 2.98. The number of aryl methyl sites for hydroxylation is 2. The van der Waals surface area contributed by atoms with Gasteiger partial charge in [0.1, 0.15) is 5.76 Å². The van der Waals surface area contributed by atoms with Gasteiger partial charge < -0.3 is 13.7 Å². The summed E-state index contributed by atoms with van der Waals surface area (Å²) in [5, 5.41) is 0.613. The Kier molecular flexibility index (Phi) is 2.52. The predicted octanol–water partition coefficient (Wildman–Crippen LogP) is 1.94. The largest absolute Gasteiger partial charge is 0.465 e. The van der Waals surface area contributed by atoms with Gasteiger partial charge in [0.15, 0.2) is 0 Å². The van der Waals surface area contributed by atoms with Gasteiger partial charge in [0.2, 0.25) is 5.58 Å². The summed E-state index contributed by atoms with van der Waals surface area (Å²) in [6, 6.07) is 0. The second kappa shape index (κ2) is 3.98. The van der Waals surface area contributed by atoms with E-state index >= 15 is 0 Å². The molecule has 19 heavy (non-hydrogen) atoms. The zero-order valence-electron chi connectivity index (χ0n) is 11.2. The molecule has 0 saturated heterocycles. The molecule has 0 radical (unpaired) electrons. The van der Waals surface area contributed by atoms with Crippen molar-refractivity contribution in [1.29, 1.82) is 0 Å². The van der Waals surface area contributed by atoms with Gasteiger partial charge in [-0.25, -0.2) is 4.79 Å². The number of fused-ring (bicyclic) bond motifs is 2. The molecule has 0 N–H and O–H groups in total. The van der Waals surface area contributed by atoms with E-state index in [1.165, 1.54) is 7.11 Å². The van der Waals surface area contributed by atoms with Crippen LogP contribution in [0.2, 0.25) is 0 Å². The molecule has 2 aromatic rings. The van der Waals surface area contributed by atoms with E-state index < -0.39 is 5.97 Å². The second-order valence-electron chi connectivity index (χ2n) is 4.86. The Morgan fingerprint density at radius 1 is 1.37 bits per heavy atom. The van der Waals surface area contributed by atoms with E-state index in [9.17, 15) is 9.59 Å². The van der Waals surface area contributed by atoms with Gasteiger partial charge in [-0.05, 0) is 32.3 Å². The van der Waals surface area contributed by atoms with Crippen molar-refractivity contribution in [1.82, 2.24) is 4.57 Å². The Labute approximate surface area is 109 Å². The SMILES string of the molecule is COC(=O)c1c2n(c(=O)c3oc(C)c(C)c13)CCC2. The zero-order chi connectivity index (χ0) is 13.7. The average molecular weight is 261 g/mol. The molecule has 0 aromatic carbocycles. The molecule has 5 heteroatoms. The number of methoxy groups -OCH3 is 1. The fourth-order valence-electron chi connectivity index (χ4n) is 2.83. The van der Waals surface area contributed by atoms with E-state index in [0.717, 1.165) is 24.1 Å². The van der Waals surface area contributed by atoms with E-state index in [0.29, 0.717) is 23.3 Å². The lowest BCUT2D eigenvalue weighted by molar-refractivity contribution is 0.0601. The summed E-state index contributed by atoms with van der Waals surface area (Å²) < 4.78 is 12.1. The van der Waals surface area contributed by atoms with E-state index in [1.807, 2.05) is 6.92 Å². The number of hydrogen-bond acceptors (Lipinski definition) is 4. The molecule has 2 aromatic heterocycles. The van der Waals surface area contributed by atoms with Crippen molar-refractivity contribution in [2.45, 2.75) is 33.2 Å². The van der Waals surface area contributed by atoms with Gasteiger partial charge in [-0.3, -0.25) is 4.79 Å². The van der Waals surface area contributed by atoms with Crippen molar-refractivity contribution >= 4 is 16.9 Å². The van der Waals surface area contributed by atoms with Crippen molar-refractivity contribution in [3.8, 4) is 0 Å². The van der Waals surface area contributed by atoms with Crippen LogP contribution in [0, 0.1) is 13.8 Å².